The van der Waals surface area contributed by atoms with Gasteiger partial charge in [0.05, 0.1) is 25.5 Å². The molecule has 1 aliphatic rings. The van der Waals surface area contributed by atoms with Gasteiger partial charge < -0.3 is 9.47 Å². The summed E-state index contributed by atoms with van der Waals surface area (Å²) in [4.78, 5) is 16.5. The molecule has 0 bridgehead atoms. The van der Waals surface area contributed by atoms with E-state index >= 15 is 0 Å². The van der Waals surface area contributed by atoms with E-state index in [1.54, 1.807) is 18.3 Å². The quantitative estimate of drug-likeness (QED) is 0.814. The summed E-state index contributed by atoms with van der Waals surface area (Å²) in [6.45, 7) is 0.634. The fourth-order valence-electron chi connectivity index (χ4n) is 2.52. The fourth-order valence-corrected chi connectivity index (χ4v) is 2.78. The van der Waals surface area contributed by atoms with Gasteiger partial charge >= 0.3 is 0 Å². The molecule has 108 valence electrons. The van der Waals surface area contributed by atoms with Crippen molar-refractivity contribution in [2.24, 2.45) is 0 Å². The summed E-state index contributed by atoms with van der Waals surface area (Å²) in [5, 5.41) is 0.628. The number of ketones is 1. The molecule has 1 aromatic carbocycles. The molecule has 0 N–H and O–H groups in total. The van der Waals surface area contributed by atoms with Crippen LogP contribution in [0.1, 0.15) is 21.5 Å². The van der Waals surface area contributed by atoms with Crippen molar-refractivity contribution < 1.29 is 14.3 Å². The van der Waals surface area contributed by atoms with Crippen LogP contribution in [0.3, 0.4) is 0 Å². The van der Waals surface area contributed by atoms with Gasteiger partial charge in [-0.05, 0) is 23.8 Å². The highest BCUT2D eigenvalue weighted by atomic mass is 35.5. The average Bonchev–Trinajstić information content (AvgIpc) is 2.95. The molecule has 0 atom stereocenters. The Kier molecular flexibility index (Phi) is 3.80. The van der Waals surface area contributed by atoms with E-state index in [-0.39, 0.29) is 12.2 Å². The molecular weight excluding hydrogens is 290 g/mol. The van der Waals surface area contributed by atoms with Crippen LogP contribution in [-0.4, -0.2) is 24.5 Å². The Bertz CT molecular complexity index is 700. The third-order valence-electron chi connectivity index (χ3n) is 3.48. The van der Waals surface area contributed by atoms with E-state index in [0.717, 1.165) is 23.3 Å². The van der Waals surface area contributed by atoms with Crippen molar-refractivity contribution in [2.45, 2.75) is 12.8 Å². The van der Waals surface area contributed by atoms with Crippen LogP contribution in [-0.2, 0) is 12.8 Å². The van der Waals surface area contributed by atoms with Gasteiger partial charge in [-0.2, -0.15) is 0 Å². The van der Waals surface area contributed by atoms with Crippen molar-refractivity contribution in [3.63, 3.8) is 0 Å². The molecule has 1 aliphatic heterocycles. The van der Waals surface area contributed by atoms with E-state index in [1.165, 1.54) is 13.3 Å². The van der Waals surface area contributed by atoms with E-state index < -0.39 is 0 Å². The Morgan fingerprint density at radius 3 is 3.14 bits per heavy atom. The zero-order valence-electron chi connectivity index (χ0n) is 11.6. The number of nitrogens with zero attached hydrogens (tertiary/aromatic N) is 1. The van der Waals surface area contributed by atoms with E-state index in [2.05, 4.69) is 4.98 Å². The second-order valence-corrected chi connectivity index (χ2v) is 5.26. The Hall–Kier alpha value is -2.07. The Balaban J connectivity index is 1.92. The number of ether oxygens (including phenoxy) is 2. The maximum Gasteiger partial charge on any atom is 0.171 e. The molecule has 0 radical (unpaired) electrons. The number of aromatic nitrogens is 1. The van der Waals surface area contributed by atoms with Gasteiger partial charge in [-0.25, -0.2) is 0 Å². The highest BCUT2D eigenvalue weighted by Crippen LogP contribution is 2.34. The minimum absolute atomic E-state index is 0.0470. The van der Waals surface area contributed by atoms with E-state index in [4.69, 9.17) is 21.1 Å². The molecule has 2 aromatic rings. The number of benzene rings is 1. The van der Waals surface area contributed by atoms with Gasteiger partial charge in [0, 0.05) is 29.6 Å². The number of hydrogen-bond acceptors (Lipinski definition) is 4. The van der Waals surface area contributed by atoms with Gasteiger partial charge in [-0.1, -0.05) is 11.6 Å². The van der Waals surface area contributed by atoms with E-state index in [0.29, 0.717) is 22.9 Å². The number of fused-ring (bicyclic) bond motifs is 1. The van der Waals surface area contributed by atoms with Gasteiger partial charge in [-0.15, -0.1) is 0 Å². The smallest absolute Gasteiger partial charge is 0.171 e. The molecule has 1 aromatic heterocycles. The molecule has 21 heavy (non-hydrogen) atoms. The van der Waals surface area contributed by atoms with Crippen molar-refractivity contribution in [2.75, 3.05) is 13.7 Å². The lowest BCUT2D eigenvalue weighted by Crippen LogP contribution is -2.07. The number of halogens is 1. The van der Waals surface area contributed by atoms with Crippen molar-refractivity contribution in [3.8, 4) is 11.5 Å². The van der Waals surface area contributed by atoms with Crippen LogP contribution in [0.5, 0.6) is 11.5 Å². The van der Waals surface area contributed by atoms with Gasteiger partial charge in [0.15, 0.2) is 5.78 Å². The average molecular weight is 304 g/mol. The Morgan fingerprint density at radius 1 is 1.48 bits per heavy atom. The van der Waals surface area contributed by atoms with E-state index in [9.17, 15) is 4.79 Å². The third-order valence-corrected chi connectivity index (χ3v) is 3.70. The zero-order valence-corrected chi connectivity index (χ0v) is 12.3. The van der Waals surface area contributed by atoms with Crippen LogP contribution >= 0.6 is 11.6 Å². The predicted molar refractivity (Wildman–Crippen MR) is 79.5 cm³/mol. The summed E-state index contributed by atoms with van der Waals surface area (Å²) in [5.41, 5.74) is 2.39. The molecule has 0 spiro atoms. The van der Waals surface area contributed by atoms with Gasteiger partial charge in [-0.3, -0.25) is 9.78 Å². The normalized spacial score (nSPS) is 12.7. The number of carbonyl (C=O) groups excluding carboxylic acids is 1. The topological polar surface area (TPSA) is 48.4 Å². The molecule has 3 rings (SSSR count). The summed E-state index contributed by atoms with van der Waals surface area (Å²) in [5.74, 6) is 1.22. The first-order valence-electron chi connectivity index (χ1n) is 6.64. The van der Waals surface area contributed by atoms with Crippen molar-refractivity contribution in [1.29, 1.82) is 0 Å². The van der Waals surface area contributed by atoms with Crippen molar-refractivity contribution in [3.05, 3.63) is 52.3 Å². The maximum absolute atomic E-state index is 12.5. The Labute approximate surface area is 127 Å². The molecular formula is C16H14ClNO3. The highest BCUT2D eigenvalue weighted by Gasteiger charge is 2.21. The largest absolute Gasteiger partial charge is 0.494 e. The summed E-state index contributed by atoms with van der Waals surface area (Å²) in [6, 6.07) is 5.34. The van der Waals surface area contributed by atoms with Crippen LogP contribution in [0.4, 0.5) is 0 Å². The minimum Gasteiger partial charge on any atom is -0.494 e. The lowest BCUT2D eigenvalue weighted by molar-refractivity contribution is 0.0989. The SMILES string of the molecule is COc1cnccc1C(=O)Cc1cc(Cl)cc2c1OCC2. The van der Waals surface area contributed by atoms with Crippen molar-refractivity contribution in [1.82, 2.24) is 4.98 Å². The molecule has 4 nitrogen and oxygen atoms in total. The lowest BCUT2D eigenvalue weighted by atomic mass is 10.00. The molecule has 0 saturated carbocycles. The molecule has 2 heterocycles. The second kappa shape index (κ2) is 5.74. The second-order valence-electron chi connectivity index (χ2n) is 4.83. The lowest BCUT2D eigenvalue weighted by Gasteiger charge is -2.10. The first-order valence-corrected chi connectivity index (χ1v) is 7.02. The monoisotopic (exact) mass is 303 g/mol. The molecule has 0 saturated heterocycles. The number of rotatable bonds is 4. The summed E-state index contributed by atoms with van der Waals surface area (Å²) in [6.07, 6.45) is 4.17. The molecule has 0 fully saturated rings. The number of methoxy groups -OCH3 is 1. The molecule has 5 heteroatoms. The van der Waals surface area contributed by atoms with Crippen LogP contribution < -0.4 is 9.47 Å². The maximum atomic E-state index is 12.5. The summed E-state index contributed by atoms with van der Waals surface area (Å²) >= 11 is 6.11. The molecule has 0 aliphatic carbocycles. The molecule has 0 amide bonds. The first-order chi connectivity index (χ1) is 10.2. The molecule has 0 unspecified atom stereocenters. The third kappa shape index (κ3) is 2.72. The fraction of sp³-hybridized carbons (Fsp3) is 0.250. The van der Waals surface area contributed by atoms with Gasteiger partial charge in [0.2, 0.25) is 0 Å². The number of Topliss-reactive ketones (excluding diaryl/α,β-unsaturated/α-hetero) is 1. The first kappa shape index (κ1) is 13.9. The summed E-state index contributed by atoms with van der Waals surface area (Å²) in [7, 11) is 1.52. The van der Waals surface area contributed by atoms with Crippen LogP contribution in [0.25, 0.3) is 0 Å². The van der Waals surface area contributed by atoms with Crippen LogP contribution in [0.2, 0.25) is 5.02 Å². The minimum atomic E-state index is -0.0470. The standard InChI is InChI=1S/C16H14ClNO3/c1-20-15-9-18-4-2-13(15)14(19)8-11-7-12(17)6-10-3-5-21-16(10)11/h2,4,6-7,9H,3,5,8H2,1H3. The number of pyridine rings is 1. The van der Waals surface area contributed by atoms with E-state index in [1.807, 2.05) is 6.07 Å². The number of carbonyl (C=O) groups is 1. The summed E-state index contributed by atoms with van der Waals surface area (Å²) < 4.78 is 10.8. The number of hydrogen-bond donors (Lipinski definition) is 0. The van der Waals surface area contributed by atoms with Crippen LogP contribution in [0.15, 0.2) is 30.6 Å². The highest BCUT2D eigenvalue weighted by molar-refractivity contribution is 6.30. The van der Waals surface area contributed by atoms with Gasteiger partial charge in [0.25, 0.3) is 0 Å². The Morgan fingerprint density at radius 2 is 2.33 bits per heavy atom. The van der Waals surface area contributed by atoms with Crippen molar-refractivity contribution >= 4 is 17.4 Å². The predicted octanol–water partition coefficient (Wildman–Crippen LogP) is 3.10. The zero-order chi connectivity index (χ0) is 14.8. The van der Waals surface area contributed by atoms with Crippen LogP contribution in [0, 0.1) is 0 Å². The van der Waals surface area contributed by atoms with Gasteiger partial charge in [0.1, 0.15) is 11.5 Å².